The Morgan fingerprint density at radius 1 is 1.10 bits per heavy atom. The van der Waals surface area contributed by atoms with E-state index in [-0.39, 0.29) is 5.82 Å². The summed E-state index contributed by atoms with van der Waals surface area (Å²) >= 11 is 0. The van der Waals surface area contributed by atoms with Gasteiger partial charge in [-0.3, -0.25) is 0 Å². The van der Waals surface area contributed by atoms with E-state index >= 15 is 0 Å². The molecule has 2 unspecified atom stereocenters. The SMILES string of the molecule is Fc1ccc(N2CC3CCCC3C2)c(CNC2CC2)c1. The summed E-state index contributed by atoms with van der Waals surface area (Å²) in [7, 11) is 0. The number of nitrogens with zero attached hydrogens (tertiary/aromatic N) is 1. The minimum atomic E-state index is -0.110. The Labute approximate surface area is 120 Å². The van der Waals surface area contributed by atoms with Crippen LogP contribution in [0.1, 0.15) is 37.7 Å². The van der Waals surface area contributed by atoms with Gasteiger partial charge in [0.25, 0.3) is 0 Å². The van der Waals surface area contributed by atoms with Crippen LogP contribution in [-0.4, -0.2) is 19.1 Å². The molecular formula is C17H23FN2. The molecule has 1 N–H and O–H groups in total. The molecule has 2 saturated carbocycles. The summed E-state index contributed by atoms with van der Waals surface area (Å²) in [4.78, 5) is 2.50. The molecule has 1 saturated heterocycles. The topological polar surface area (TPSA) is 15.3 Å². The van der Waals surface area contributed by atoms with Crippen LogP contribution in [0, 0.1) is 17.7 Å². The maximum Gasteiger partial charge on any atom is 0.123 e. The van der Waals surface area contributed by atoms with Crippen LogP contribution in [0.25, 0.3) is 0 Å². The van der Waals surface area contributed by atoms with Crippen LogP contribution in [0.2, 0.25) is 0 Å². The number of benzene rings is 1. The molecule has 1 heterocycles. The fourth-order valence-electron chi connectivity index (χ4n) is 3.98. The van der Waals surface area contributed by atoms with Gasteiger partial charge in [-0.05, 0) is 61.3 Å². The van der Waals surface area contributed by atoms with Crippen molar-refractivity contribution in [3.63, 3.8) is 0 Å². The predicted octanol–water partition coefficient (Wildman–Crippen LogP) is 3.31. The summed E-state index contributed by atoms with van der Waals surface area (Å²) in [6, 6.07) is 5.99. The van der Waals surface area contributed by atoms with E-state index in [9.17, 15) is 4.39 Å². The predicted molar refractivity (Wildman–Crippen MR) is 79.3 cm³/mol. The van der Waals surface area contributed by atoms with Gasteiger partial charge in [0.2, 0.25) is 0 Å². The molecule has 3 fully saturated rings. The molecule has 0 radical (unpaired) electrons. The molecule has 0 spiro atoms. The molecule has 2 atom stereocenters. The van der Waals surface area contributed by atoms with E-state index in [2.05, 4.69) is 10.2 Å². The first kappa shape index (κ1) is 12.6. The van der Waals surface area contributed by atoms with E-state index in [1.165, 1.54) is 50.9 Å². The number of hydrogen-bond acceptors (Lipinski definition) is 2. The highest BCUT2D eigenvalue weighted by atomic mass is 19.1. The molecule has 1 aromatic rings. The molecule has 1 aliphatic heterocycles. The van der Waals surface area contributed by atoms with Gasteiger partial charge in [-0.2, -0.15) is 0 Å². The average molecular weight is 274 g/mol. The Balaban J connectivity index is 1.53. The Morgan fingerprint density at radius 3 is 2.55 bits per heavy atom. The zero-order chi connectivity index (χ0) is 13.5. The Morgan fingerprint density at radius 2 is 1.85 bits per heavy atom. The number of halogens is 1. The number of rotatable bonds is 4. The third kappa shape index (κ3) is 2.44. The van der Waals surface area contributed by atoms with Gasteiger partial charge in [0.15, 0.2) is 0 Å². The fourth-order valence-corrected chi connectivity index (χ4v) is 3.98. The number of anilines is 1. The van der Waals surface area contributed by atoms with E-state index in [0.717, 1.165) is 23.9 Å². The maximum atomic E-state index is 13.6. The molecule has 3 aliphatic rings. The lowest BCUT2D eigenvalue weighted by atomic mass is 10.0. The van der Waals surface area contributed by atoms with Crippen LogP contribution in [0.3, 0.4) is 0 Å². The van der Waals surface area contributed by atoms with Crippen LogP contribution in [0.4, 0.5) is 10.1 Å². The molecule has 2 aliphatic carbocycles. The molecule has 0 bridgehead atoms. The van der Waals surface area contributed by atoms with E-state index in [0.29, 0.717) is 6.04 Å². The van der Waals surface area contributed by atoms with Gasteiger partial charge in [-0.15, -0.1) is 0 Å². The van der Waals surface area contributed by atoms with Gasteiger partial charge in [-0.1, -0.05) is 6.42 Å². The summed E-state index contributed by atoms with van der Waals surface area (Å²) in [6.07, 6.45) is 6.73. The van der Waals surface area contributed by atoms with Crippen LogP contribution in [-0.2, 0) is 6.54 Å². The number of fused-ring (bicyclic) bond motifs is 1. The fraction of sp³-hybridized carbons (Fsp3) is 0.647. The van der Waals surface area contributed by atoms with Gasteiger partial charge in [-0.25, -0.2) is 4.39 Å². The summed E-state index contributed by atoms with van der Waals surface area (Å²) in [6.45, 7) is 3.16. The number of nitrogens with one attached hydrogen (secondary N) is 1. The minimum absolute atomic E-state index is 0.110. The molecule has 4 rings (SSSR count). The van der Waals surface area contributed by atoms with Crippen molar-refractivity contribution in [2.75, 3.05) is 18.0 Å². The van der Waals surface area contributed by atoms with Crippen molar-refractivity contribution in [1.82, 2.24) is 5.32 Å². The summed E-state index contributed by atoms with van der Waals surface area (Å²) < 4.78 is 13.6. The molecule has 20 heavy (non-hydrogen) atoms. The van der Waals surface area contributed by atoms with Crippen LogP contribution >= 0.6 is 0 Å². The van der Waals surface area contributed by atoms with Crippen molar-refractivity contribution in [3.8, 4) is 0 Å². The Bertz CT molecular complexity index is 486. The summed E-state index contributed by atoms with van der Waals surface area (Å²) in [5.74, 6) is 1.65. The molecule has 1 aromatic carbocycles. The summed E-state index contributed by atoms with van der Waals surface area (Å²) in [5, 5.41) is 3.52. The van der Waals surface area contributed by atoms with Crippen molar-refractivity contribution in [1.29, 1.82) is 0 Å². The molecular weight excluding hydrogens is 251 g/mol. The largest absolute Gasteiger partial charge is 0.371 e. The minimum Gasteiger partial charge on any atom is -0.371 e. The second-order valence-corrected chi connectivity index (χ2v) is 6.78. The van der Waals surface area contributed by atoms with Crippen molar-refractivity contribution in [2.45, 2.75) is 44.7 Å². The lowest BCUT2D eigenvalue weighted by Gasteiger charge is -2.23. The zero-order valence-corrected chi connectivity index (χ0v) is 11.9. The van der Waals surface area contributed by atoms with Crippen molar-refractivity contribution in [3.05, 3.63) is 29.6 Å². The highest BCUT2D eigenvalue weighted by molar-refractivity contribution is 5.55. The molecule has 0 aromatic heterocycles. The second kappa shape index (κ2) is 5.03. The molecule has 0 amide bonds. The number of hydrogen-bond donors (Lipinski definition) is 1. The van der Waals surface area contributed by atoms with Crippen LogP contribution < -0.4 is 10.2 Å². The quantitative estimate of drug-likeness (QED) is 0.906. The third-order valence-corrected chi connectivity index (χ3v) is 5.27. The van der Waals surface area contributed by atoms with Gasteiger partial charge < -0.3 is 10.2 Å². The van der Waals surface area contributed by atoms with Gasteiger partial charge in [0.05, 0.1) is 0 Å². The van der Waals surface area contributed by atoms with Crippen molar-refractivity contribution < 1.29 is 4.39 Å². The first-order chi connectivity index (χ1) is 9.79. The van der Waals surface area contributed by atoms with Crippen molar-refractivity contribution in [2.24, 2.45) is 11.8 Å². The van der Waals surface area contributed by atoms with E-state index in [4.69, 9.17) is 0 Å². The van der Waals surface area contributed by atoms with Crippen molar-refractivity contribution >= 4 is 5.69 Å². The molecule has 2 nitrogen and oxygen atoms in total. The third-order valence-electron chi connectivity index (χ3n) is 5.27. The lowest BCUT2D eigenvalue weighted by molar-refractivity contribution is 0.494. The molecule has 108 valence electrons. The van der Waals surface area contributed by atoms with Gasteiger partial charge in [0.1, 0.15) is 5.82 Å². The van der Waals surface area contributed by atoms with Crippen LogP contribution in [0.5, 0.6) is 0 Å². The van der Waals surface area contributed by atoms with E-state index in [1.54, 1.807) is 12.1 Å². The Kier molecular flexibility index (Phi) is 3.18. The first-order valence-corrected chi connectivity index (χ1v) is 8.06. The lowest BCUT2D eigenvalue weighted by Crippen LogP contribution is -2.24. The Hall–Kier alpha value is -1.09. The average Bonchev–Trinajstić information content (AvgIpc) is 3.02. The van der Waals surface area contributed by atoms with Crippen LogP contribution in [0.15, 0.2) is 18.2 Å². The monoisotopic (exact) mass is 274 g/mol. The normalized spacial score (nSPS) is 28.9. The first-order valence-electron chi connectivity index (χ1n) is 8.06. The maximum absolute atomic E-state index is 13.6. The van der Waals surface area contributed by atoms with E-state index < -0.39 is 0 Å². The van der Waals surface area contributed by atoms with E-state index in [1.807, 2.05) is 6.07 Å². The highest BCUT2D eigenvalue weighted by Gasteiger charge is 2.36. The zero-order valence-electron chi connectivity index (χ0n) is 11.9. The smallest absolute Gasteiger partial charge is 0.123 e. The highest BCUT2D eigenvalue weighted by Crippen LogP contribution is 2.40. The second-order valence-electron chi connectivity index (χ2n) is 6.78. The van der Waals surface area contributed by atoms with Gasteiger partial charge in [0, 0.05) is 31.4 Å². The standard InChI is InChI=1S/C17H23FN2/c18-15-4-7-17(14(8-15)9-19-16-5-6-16)20-10-12-2-1-3-13(12)11-20/h4,7-8,12-13,16,19H,1-3,5-6,9-11H2. The van der Waals surface area contributed by atoms with Gasteiger partial charge >= 0.3 is 0 Å². The molecule has 3 heteroatoms. The summed E-state index contributed by atoms with van der Waals surface area (Å²) in [5.41, 5.74) is 2.39.